The molecule has 10 heteroatoms. The molecule has 4 rings (SSSR count). The number of nitro groups is 1. The molecule has 0 bridgehead atoms. The van der Waals surface area contributed by atoms with Crippen molar-refractivity contribution in [3.8, 4) is 11.3 Å². The van der Waals surface area contributed by atoms with Gasteiger partial charge in [0.05, 0.1) is 10.5 Å². The Balaban J connectivity index is 1.37. The topological polar surface area (TPSA) is 121 Å². The van der Waals surface area contributed by atoms with Crippen LogP contribution in [0.15, 0.2) is 30.5 Å². The molecule has 31 heavy (non-hydrogen) atoms. The Bertz CT molecular complexity index is 1090. The zero-order chi connectivity index (χ0) is 21.8. The van der Waals surface area contributed by atoms with Gasteiger partial charge in [0.25, 0.3) is 11.6 Å². The van der Waals surface area contributed by atoms with E-state index in [9.17, 15) is 14.9 Å². The molecule has 0 radical (unpaired) electrons. The number of amides is 1. The number of hydrogen-bond acceptors (Lipinski definition) is 6. The Morgan fingerprint density at radius 2 is 2.00 bits per heavy atom. The van der Waals surface area contributed by atoms with Crippen LogP contribution >= 0.6 is 0 Å². The van der Waals surface area contributed by atoms with E-state index >= 15 is 0 Å². The normalized spacial score (nSPS) is 13.5. The highest BCUT2D eigenvalue weighted by atomic mass is 16.6. The van der Waals surface area contributed by atoms with Gasteiger partial charge in [0, 0.05) is 56.9 Å². The molecule has 3 heterocycles. The summed E-state index contributed by atoms with van der Waals surface area (Å²) in [7, 11) is 1.74. The van der Waals surface area contributed by atoms with Crippen LogP contribution in [-0.2, 0) is 26.4 Å². The molecular formula is C21H25N7O3. The zero-order valence-electron chi connectivity index (χ0n) is 17.5. The SMILES string of the molecule is Cn1cc(C(=O)NCCCc2nnc3n2CCCCC3)c(-c2ccc([N+](=O)[O-])cc2)n1. The Kier molecular flexibility index (Phi) is 6.06. The number of carbonyl (C=O) groups excluding carboxylic acids is 1. The summed E-state index contributed by atoms with van der Waals surface area (Å²) in [5.74, 6) is 1.83. The van der Waals surface area contributed by atoms with Crippen LogP contribution in [-0.4, -0.2) is 41.9 Å². The summed E-state index contributed by atoms with van der Waals surface area (Å²) in [6, 6.07) is 6.03. The standard InChI is InChI=1S/C21H25N7O3/c1-26-14-17(20(25-26)15-8-10-16(11-9-15)28(30)31)21(29)22-12-5-7-19-24-23-18-6-3-2-4-13-27(18)19/h8-11,14H,2-7,12-13H2,1H3,(H,22,29). The van der Waals surface area contributed by atoms with Gasteiger partial charge < -0.3 is 9.88 Å². The van der Waals surface area contributed by atoms with E-state index in [0.717, 1.165) is 50.3 Å². The fraction of sp³-hybridized carbons (Fsp3) is 0.429. The van der Waals surface area contributed by atoms with E-state index in [1.54, 1.807) is 30.1 Å². The van der Waals surface area contributed by atoms with Crippen LogP contribution in [0.5, 0.6) is 0 Å². The molecule has 1 aliphatic rings. The lowest BCUT2D eigenvalue weighted by Gasteiger charge is -2.08. The summed E-state index contributed by atoms with van der Waals surface area (Å²) in [6.45, 7) is 1.48. The average molecular weight is 423 g/mol. The molecule has 0 fully saturated rings. The van der Waals surface area contributed by atoms with Gasteiger partial charge in [-0.2, -0.15) is 5.10 Å². The van der Waals surface area contributed by atoms with E-state index in [-0.39, 0.29) is 11.6 Å². The molecule has 1 aliphatic heterocycles. The molecule has 10 nitrogen and oxygen atoms in total. The fourth-order valence-electron chi connectivity index (χ4n) is 3.88. The second-order valence-corrected chi connectivity index (χ2v) is 7.72. The third-order valence-electron chi connectivity index (χ3n) is 5.47. The number of rotatable bonds is 7. The Hall–Kier alpha value is -3.56. The molecule has 1 aromatic carbocycles. The number of non-ortho nitro benzene ring substituents is 1. The second-order valence-electron chi connectivity index (χ2n) is 7.72. The van der Waals surface area contributed by atoms with Crippen LogP contribution in [0.2, 0.25) is 0 Å². The number of carbonyl (C=O) groups is 1. The molecule has 0 atom stereocenters. The highest BCUT2D eigenvalue weighted by Crippen LogP contribution is 2.24. The first kappa shape index (κ1) is 20.7. The minimum Gasteiger partial charge on any atom is -0.352 e. The van der Waals surface area contributed by atoms with Crippen molar-refractivity contribution < 1.29 is 9.72 Å². The van der Waals surface area contributed by atoms with Crippen molar-refractivity contribution in [1.29, 1.82) is 0 Å². The maximum Gasteiger partial charge on any atom is 0.269 e. The molecule has 2 aromatic heterocycles. The van der Waals surface area contributed by atoms with Gasteiger partial charge in [-0.1, -0.05) is 6.42 Å². The lowest BCUT2D eigenvalue weighted by Crippen LogP contribution is -2.25. The third-order valence-corrected chi connectivity index (χ3v) is 5.47. The van der Waals surface area contributed by atoms with Crippen LogP contribution in [0, 0.1) is 10.1 Å². The predicted molar refractivity (Wildman–Crippen MR) is 114 cm³/mol. The van der Waals surface area contributed by atoms with Gasteiger partial charge in [0.15, 0.2) is 0 Å². The monoisotopic (exact) mass is 423 g/mol. The summed E-state index contributed by atoms with van der Waals surface area (Å²) in [5.41, 5.74) is 1.59. The third kappa shape index (κ3) is 4.62. The molecule has 3 aromatic rings. The molecular weight excluding hydrogens is 398 g/mol. The van der Waals surface area contributed by atoms with Gasteiger partial charge in [-0.15, -0.1) is 10.2 Å². The molecule has 162 valence electrons. The number of aryl methyl sites for hydroxylation is 3. The lowest BCUT2D eigenvalue weighted by molar-refractivity contribution is -0.384. The lowest BCUT2D eigenvalue weighted by atomic mass is 10.1. The van der Waals surface area contributed by atoms with Crippen LogP contribution in [0.4, 0.5) is 5.69 Å². The van der Waals surface area contributed by atoms with E-state index < -0.39 is 4.92 Å². The minimum atomic E-state index is -0.454. The van der Waals surface area contributed by atoms with E-state index in [2.05, 4.69) is 25.2 Å². The molecule has 1 N–H and O–H groups in total. The Labute approximate surface area is 179 Å². The van der Waals surface area contributed by atoms with E-state index in [0.29, 0.717) is 23.4 Å². The van der Waals surface area contributed by atoms with Gasteiger partial charge in [0.2, 0.25) is 0 Å². The highest BCUT2D eigenvalue weighted by Gasteiger charge is 2.18. The van der Waals surface area contributed by atoms with Crippen LogP contribution in [0.3, 0.4) is 0 Å². The van der Waals surface area contributed by atoms with Gasteiger partial charge >= 0.3 is 0 Å². The van der Waals surface area contributed by atoms with Crippen LogP contribution < -0.4 is 5.32 Å². The highest BCUT2D eigenvalue weighted by molar-refractivity contribution is 5.99. The number of nitrogens with zero attached hydrogens (tertiary/aromatic N) is 6. The molecule has 0 saturated heterocycles. The van der Waals surface area contributed by atoms with Crippen molar-refractivity contribution >= 4 is 11.6 Å². The summed E-state index contributed by atoms with van der Waals surface area (Å²) >= 11 is 0. The Morgan fingerprint density at radius 1 is 1.19 bits per heavy atom. The van der Waals surface area contributed by atoms with Gasteiger partial charge in [-0.25, -0.2) is 0 Å². The van der Waals surface area contributed by atoms with Gasteiger partial charge in [-0.3, -0.25) is 19.6 Å². The molecule has 0 spiro atoms. The maximum absolute atomic E-state index is 12.8. The van der Waals surface area contributed by atoms with Gasteiger partial charge in [0.1, 0.15) is 17.3 Å². The second kappa shape index (κ2) is 9.07. The Morgan fingerprint density at radius 3 is 2.77 bits per heavy atom. The van der Waals surface area contributed by atoms with Gasteiger partial charge in [-0.05, 0) is 31.4 Å². The van der Waals surface area contributed by atoms with E-state index in [1.807, 2.05) is 0 Å². The molecule has 0 unspecified atom stereocenters. The molecule has 0 saturated carbocycles. The number of benzene rings is 1. The molecule has 1 amide bonds. The summed E-state index contributed by atoms with van der Waals surface area (Å²) in [6.07, 6.45) is 7.70. The first-order valence-electron chi connectivity index (χ1n) is 10.5. The number of nitro benzene ring substituents is 1. The first-order chi connectivity index (χ1) is 15.0. The minimum absolute atomic E-state index is 0.00273. The summed E-state index contributed by atoms with van der Waals surface area (Å²) < 4.78 is 3.79. The first-order valence-corrected chi connectivity index (χ1v) is 10.5. The average Bonchev–Trinajstić information content (AvgIpc) is 3.26. The summed E-state index contributed by atoms with van der Waals surface area (Å²) in [4.78, 5) is 23.2. The zero-order valence-corrected chi connectivity index (χ0v) is 17.5. The van der Waals surface area contributed by atoms with Crippen LogP contribution in [0.1, 0.15) is 47.7 Å². The van der Waals surface area contributed by atoms with Crippen molar-refractivity contribution in [3.63, 3.8) is 0 Å². The molecule has 0 aliphatic carbocycles. The number of nitrogens with one attached hydrogen (secondary N) is 1. The van der Waals surface area contributed by atoms with Crippen molar-refractivity contribution in [2.45, 2.75) is 45.1 Å². The largest absolute Gasteiger partial charge is 0.352 e. The fourth-order valence-corrected chi connectivity index (χ4v) is 3.88. The quantitative estimate of drug-likeness (QED) is 0.354. The van der Waals surface area contributed by atoms with Crippen LogP contribution in [0.25, 0.3) is 11.3 Å². The van der Waals surface area contributed by atoms with Crippen molar-refractivity contribution in [3.05, 3.63) is 57.8 Å². The van der Waals surface area contributed by atoms with Crippen molar-refractivity contribution in [1.82, 2.24) is 29.9 Å². The van der Waals surface area contributed by atoms with E-state index in [4.69, 9.17) is 0 Å². The maximum atomic E-state index is 12.8. The summed E-state index contributed by atoms with van der Waals surface area (Å²) in [5, 5.41) is 26.8. The number of hydrogen-bond donors (Lipinski definition) is 1. The van der Waals surface area contributed by atoms with Crippen molar-refractivity contribution in [2.75, 3.05) is 6.54 Å². The van der Waals surface area contributed by atoms with E-state index in [1.165, 1.54) is 18.6 Å². The number of fused-ring (bicyclic) bond motifs is 1. The van der Waals surface area contributed by atoms with Crippen molar-refractivity contribution in [2.24, 2.45) is 7.05 Å². The predicted octanol–water partition coefficient (Wildman–Crippen LogP) is 2.68. The smallest absolute Gasteiger partial charge is 0.269 e. The number of aromatic nitrogens is 5.